The number of nitrogens with zero attached hydrogens (tertiary/aromatic N) is 6. The zero-order valence-electron chi connectivity index (χ0n) is 17.4. The first-order valence-corrected chi connectivity index (χ1v) is 10.0. The van der Waals surface area contributed by atoms with E-state index in [0.29, 0.717) is 22.9 Å². The zero-order chi connectivity index (χ0) is 22.9. The number of hydrogen-bond donors (Lipinski definition) is 1. The van der Waals surface area contributed by atoms with Crippen LogP contribution in [0.2, 0.25) is 0 Å². The summed E-state index contributed by atoms with van der Waals surface area (Å²) in [6.45, 7) is 1.88. The minimum Gasteiger partial charge on any atom is -0.326 e. The second-order valence-electron chi connectivity index (χ2n) is 7.40. The lowest BCUT2D eigenvalue weighted by atomic mass is 10.1. The Hall–Kier alpha value is -4.47. The summed E-state index contributed by atoms with van der Waals surface area (Å²) >= 11 is 0. The van der Waals surface area contributed by atoms with Gasteiger partial charge in [0, 0.05) is 29.2 Å². The van der Waals surface area contributed by atoms with Crippen LogP contribution >= 0.6 is 0 Å². The van der Waals surface area contributed by atoms with Crippen LogP contribution in [0, 0.1) is 18.6 Å². The SMILES string of the molecule is Cc1cccc(-n2nc(CC(=O)Nc3ccc(F)c(F)c3)cc2-c2ccc3ncnn3c2)n1. The van der Waals surface area contributed by atoms with Gasteiger partial charge in [0.2, 0.25) is 5.91 Å². The number of nitrogens with one attached hydrogen (secondary N) is 1. The van der Waals surface area contributed by atoms with Crippen molar-refractivity contribution in [3.63, 3.8) is 0 Å². The van der Waals surface area contributed by atoms with E-state index < -0.39 is 17.5 Å². The lowest BCUT2D eigenvalue weighted by molar-refractivity contribution is -0.115. The number of carbonyl (C=O) groups excluding carboxylic acids is 1. The minimum atomic E-state index is -1.03. The summed E-state index contributed by atoms with van der Waals surface area (Å²) in [5.74, 6) is -1.84. The molecule has 0 saturated heterocycles. The van der Waals surface area contributed by atoms with E-state index in [9.17, 15) is 13.6 Å². The van der Waals surface area contributed by atoms with Crippen LogP contribution in [0.25, 0.3) is 22.7 Å². The smallest absolute Gasteiger partial charge is 0.230 e. The van der Waals surface area contributed by atoms with E-state index in [1.807, 2.05) is 43.5 Å². The van der Waals surface area contributed by atoms with E-state index in [1.165, 1.54) is 12.4 Å². The fourth-order valence-corrected chi connectivity index (χ4v) is 3.46. The molecular formula is C23H17F2N7O. The number of amides is 1. The van der Waals surface area contributed by atoms with Crippen LogP contribution in [0.4, 0.5) is 14.5 Å². The number of benzene rings is 1. The summed E-state index contributed by atoms with van der Waals surface area (Å²) in [6.07, 6.45) is 3.21. The number of halogens is 2. The fourth-order valence-electron chi connectivity index (χ4n) is 3.46. The Morgan fingerprint density at radius 3 is 2.76 bits per heavy atom. The largest absolute Gasteiger partial charge is 0.326 e. The molecule has 0 saturated carbocycles. The van der Waals surface area contributed by atoms with E-state index in [4.69, 9.17) is 0 Å². The van der Waals surface area contributed by atoms with Gasteiger partial charge in [-0.25, -0.2) is 27.9 Å². The Kier molecular flexibility index (Phi) is 5.09. The minimum absolute atomic E-state index is 0.0730. The van der Waals surface area contributed by atoms with Crippen LogP contribution in [-0.4, -0.2) is 35.3 Å². The third-order valence-electron chi connectivity index (χ3n) is 4.97. The van der Waals surface area contributed by atoms with Gasteiger partial charge in [-0.05, 0) is 49.4 Å². The van der Waals surface area contributed by atoms with Crippen molar-refractivity contribution >= 4 is 17.2 Å². The number of hydrogen-bond acceptors (Lipinski definition) is 5. The van der Waals surface area contributed by atoms with Gasteiger partial charge in [-0.3, -0.25) is 4.79 Å². The van der Waals surface area contributed by atoms with Crippen molar-refractivity contribution in [2.45, 2.75) is 13.3 Å². The third kappa shape index (κ3) is 4.18. The van der Waals surface area contributed by atoms with E-state index >= 15 is 0 Å². The molecule has 0 aliphatic heterocycles. The van der Waals surface area contributed by atoms with Crippen molar-refractivity contribution < 1.29 is 13.6 Å². The summed E-state index contributed by atoms with van der Waals surface area (Å²) in [5, 5.41) is 11.3. The molecule has 0 fully saturated rings. The normalized spacial score (nSPS) is 11.1. The lowest BCUT2D eigenvalue weighted by Gasteiger charge is -2.07. The molecule has 0 atom stereocenters. The highest BCUT2D eigenvalue weighted by molar-refractivity contribution is 5.92. The van der Waals surface area contributed by atoms with Crippen LogP contribution in [-0.2, 0) is 11.2 Å². The predicted molar refractivity (Wildman–Crippen MR) is 117 cm³/mol. The maximum Gasteiger partial charge on any atom is 0.230 e. The molecule has 0 spiro atoms. The van der Waals surface area contributed by atoms with E-state index in [2.05, 4.69) is 25.5 Å². The van der Waals surface area contributed by atoms with Gasteiger partial charge in [-0.1, -0.05) is 6.07 Å². The van der Waals surface area contributed by atoms with Gasteiger partial charge in [0.25, 0.3) is 0 Å². The second-order valence-corrected chi connectivity index (χ2v) is 7.40. The van der Waals surface area contributed by atoms with Crippen LogP contribution in [0.1, 0.15) is 11.4 Å². The van der Waals surface area contributed by atoms with Crippen LogP contribution in [0.5, 0.6) is 0 Å². The molecule has 33 heavy (non-hydrogen) atoms. The first-order chi connectivity index (χ1) is 16.0. The summed E-state index contributed by atoms with van der Waals surface area (Å²) in [5.41, 5.74) is 3.67. The fraction of sp³-hybridized carbons (Fsp3) is 0.0870. The lowest BCUT2D eigenvalue weighted by Crippen LogP contribution is -2.15. The highest BCUT2D eigenvalue weighted by Crippen LogP contribution is 2.24. The van der Waals surface area contributed by atoms with Gasteiger partial charge in [-0.2, -0.15) is 10.2 Å². The molecule has 1 N–H and O–H groups in total. The molecule has 8 nitrogen and oxygen atoms in total. The van der Waals surface area contributed by atoms with Crippen molar-refractivity contribution in [3.05, 3.63) is 90.1 Å². The number of aryl methyl sites for hydroxylation is 1. The van der Waals surface area contributed by atoms with Crippen molar-refractivity contribution in [2.75, 3.05) is 5.32 Å². The molecule has 5 rings (SSSR count). The first-order valence-electron chi connectivity index (χ1n) is 10.0. The molecule has 0 radical (unpaired) electrons. The maximum absolute atomic E-state index is 13.4. The van der Waals surface area contributed by atoms with Crippen molar-refractivity contribution in [3.8, 4) is 17.1 Å². The molecular weight excluding hydrogens is 428 g/mol. The van der Waals surface area contributed by atoms with Crippen molar-refractivity contribution in [2.24, 2.45) is 0 Å². The Balaban J connectivity index is 1.49. The van der Waals surface area contributed by atoms with Crippen LogP contribution in [0.3, 0.4) is 0 Å². The van der Waals surface area contributed by atoms with E-state index in [1.54, 1.807) is 15.3 Å². The highest BCUT2D eigenvalue weighted by Gasteiger charge is 2.16. The molecule has 1 aromatic carbocycles. The van der Waals surface area contributed by atoms with Crippen molar-refractivity contribution in [1.82, 2.24) is 29.4 Å². The summed E-state index contributed by atoms with van der Waals surface area (Å²) in [6, 6.07) is 14.3. The number of fused-ring (bicyclic) bond motifs is 1. The van der Waals surface area contributed by atoms with Gasteiger partial charge in [0.1, 0.15) is 6.33 Å². The maximum atomic E-state index is 13.4. The number of aromatic nitrogens is 6. The average Bonchev–Trinajstić information content (AvgIpc) is 3.42. The van der Waals surface area contributed by atoms with Gasteiger partial charge in [0.05, 0.1) is 17.8 Å². The Morgan fingerprint density at radius 2 is 1.94 bits per heavy atom. The summed E-state index contributed by atoms with van der Waals surface area (Å²) in [4.78, 5) is 21.3. The zero-order valence-corrected chi connectivity index (χ0v) is 17.4. The monoisotopic (exact) mass is 445 g/mol. The summed E-state index contributed by atoms with van der Waals surface area (Å²) < 4.78 is 29.9. The van der Waals surface area contributed by atoms with Gasteiger partial charge >= 0.3 is 0 Å². The molecule has 0 unspecified atom stereocenters. The summed E-state index contributed by atoms with van der Waals surface area (Å²) in [7, 11) is 0. The van der Waals surface area contributed by atoms with E-state index in [0.717, 1.165) is 23.4 Å². The van der Waals surface area contributed by atoms with Gasteiger partial charge in [-0.15, -0.1) is 0 Å². The molecule has 4 heterocycles. The Labute approximate surface area is 186 Å². The number of rotatable bonds is 5. The van der Waals surface area contributed by atoms with Gasteiger partial charge in [0.15, 0.2) is 23.1 Å². The van der Waals surface area contributed by atoms with Crippen LogP contribution < -0.4 is 5.32 Å². The molecule has 1 amide bonds. The first kappa shape index (κ1) is 20.4. The standard InChI is InChI=1S/C23H17F2N7O/c1-14-3-2-4-22(28-14)32-20(15-5-8-21-26-13-27-31(21)12-15)10-17(30-32)11-23(33)29-16-6-7-18(24)19(25)9-16/h2-10,12-13H,11H2,1H3,(H,29,33). The number of pyridine rings is 2. The second kappa shape index (κ2) is 8.23. The molecule has 5 aromatic rings. The molecule has 0 aliphatic carbocycles. The molecule has 164 valence electrons. The third-order valence-corrected chi connectivity index (χ3v) is 4.97. The quantitative estimate of drug-likeness (QED) is 0.445. The van der Waals surface area contributed by atoms with Crippen LogP contribution in [0.15, 0.2) is 67.1 Å². The highest BCUT2D eigenvalue weighted by atomic mass is 19.2. The number of anilines is 1. The van der Waals surface area contributed by atoms with Crippen molar-refractivity contribution in [1.29, 1.82) is 0 Å². The predicted octanol–water partition coefficient (Wildman–Crippen LogP) is 3.74. The average molecular weight is 445 g/mol. The number of carbonyl (C=O) groups is 1. The van der Waals surface area contributed by atoms with Gasteiger partial charge < -0.3 is 5.32 Å². The Morgan fingerprint density at radius 1 is 1.06 bits per heavy atom. The van der Waals surface area contributed by atoms with E-state index in [-0.39, 0.29) is 12.1 Å². The molecule has 0 bridgehead atoms. The topological polar surface area (TPSA) is 90.0 Å². The molecule has 4 aromatic heterocycles. The molecule has 10 heteroatoms. The Bertz CT molecular complexity index is 1490. The molecule has 0 aliphatic rings.